The van der Waals surface area contributed by atoms with Crippen LogP contribution in [0.5, 0.6) is 5.75 Å². The van der Waals surface area contributed by atoms with Crippen molar-refractivity contribution in [3.63, 3.8) is 0 Å². The summed E-state index contributed by atoms with van der Waals surface area (Å²) >= 11 is 1.57. The number of nitrogens with zero attached hydrogens (tertiary/aromatic N) is 1. The minimum Gasteiger partial charge on any atom is -0.497 e. The SMILES string of the molecule is COc1ccc2sc(C(=O)N(C)C3CCNC3)c(C)c2c1. The van der Waals surface area contributed by atoms with Gasteiger partial charge in [0.1, 0.15) is 5.75 Å². The van der Waals surface area contributed by atoms with Gasteiger partial charge in [-0.25, -0.2) is 0 Å². The highest BCUT2D eigenvalue weighted by Crippen LogP contribution is 2.34. The molecule has 1 N–H and O–H groups in total. The fraction of sp³-hybridized carbons (Fsp3) is 0.438. The van der Waals surface area contributed by atoms with Crippen LogP contribution in [0.1, 0.15) is 21.7 Å². The molecule has 1 fully saturated rings. The monoisotopic (exact) mass is 304 g/mol. The van der Waals surface area contributed by atoms with E-state index in [0.29, 0.717) is 6.04 Å². The summed E-state index contributed by atoms with van der Waals surface area (Å²) in [4.78, 5) is 15.5. The number of rotatable bonds is 3. The molecule has 1 aliphatic rings. The summed E-state index contributed by atoms with van der Waals surface area (Å²) in [6.07, 6.45) is 1.03. The molecule has 0 aliphatic carbocycles. The number of ether oxygens (including phenoxy) is 1. The van der Waals surface area contributed by atoms with E-state index in [1.54, 1.807) is 18.4 Å². The Morgan fingerprint density at radius 1 is 1.48 bits per heavy atom. The fourth-order valence-electron chi connectivity index (χ4n) is 2.83. The van der Waals surface area contributed by atoms with Crippen molar-refractivity contribution in [2.45, 2.75) is 19.4 Å². The van der Waals surface area contributed by atoms with Crippen molar-refractivity contribution in [1.82, 2.24) is 10.2 Å². The van der Waals surface area contributed by atoms with E-state index in [0.717, 1.165) is 45.8 Å². The van der Waals surface area contributed by atoms with Crippen LogP contribution < -0.4 is 10.1 Å². The van der Waals surface area contributed by atoms with Crippen molar-refractivity contribution in [1.29, 1.82) is 0 Å². The molecule has 1 aromatic heterocycles. The third-order valence-electron chi connectivity index (χ3n) is 4.24. The molecule has 21 heavy (non-hydrogen) atoms. The van der Waals surface area contributed by atoms with Crippen LogP contribution in [-0.4, -0.2) is 44.1 Å². The Hall–Kier alpha value is -1.59. The molecule has 1 atom stereocenters. The Balaban J connectivity index is 1.96. The number of amides is 1. The lowest BCUT2D eigenvalue weighted by atomic mass is 10.1. The lowest BCUT2D eigenvalue weighted by Crippen LogP contribution is -2.38. The third kappa shape index (κ3) is 2.51. The quantitative estimate of drug-likeness (QED) is 0.948. The van der Waals surface area contributed by atoms with Crippen molar-refractivity contribution in [2.75, 3.05) is 27.2 Å². The first-order valence-electron chi connectivity index (χ1n) is 7.17. The molecule has 3 rings (SSSR count). The second-order valence-electron chi connectivity index (χ2n) is 5.48. The molecule has 1 amide bonds. The van der Waals surface area contributed by atoms with Gasteiger partial charge < -0.3 is 15.0 Å². The van der Waals surface area contributed by atoms with E-state index < -0.39 is 0 Å². The van der Waals surface area contributed by atoms with Crippen LogP contribution in [-0.2, 0) is 0 Å². The summed E-state index contributed by atoms with van der Waals surface area (Å²) in [5.74, 6) is 0.956. The maximum absolute atomic E-state index is 12.8. The van der Waals surface area contributed by atoms with Crippen molar-refractivity contribution in [3.05, 3.63) is 28.6 Å². The molecule has 1 aliphatic heterocycles. The Kier molecular flexibility index (Phi) is 3.87. The standard InChI is InChI=1S/C16H20N2O2S/c1-10-13-8-12(20-3)4-5-14(13)21-15(10)16(19)18(2)11-6-7-17-9-11/h4-5,8,11,17H,6-7,9H2,1-3H3. The van der Waals surface area contributed by atoms with Crippen molar-refractivity contribution in [2.24, 2.45) is 0 Å². The molecule has 112 valence electrons. The van der Waals surface area contributed by atoms with Crippen LogP contribution in [0.2, 0.25) is 0 Å². The smallest absolute Gasteiger partial charge is 0.264 e. The maximum Gasteiger partial charge on any atom is 0.264 e. The van der Waals surface area contributed by atoms with Crippen molar-refractivity contribution in [3.8, 4) is 5.75 Å². The minimum atomic E-state index is 0.126. The van der Waals surface area contributed by atoms with E-state index in [1.807, 2.05) is 37.1 Å². The van der Waals surface area contributed by atoms with Crippen LogP contribution in [0.15, 0.2) is 18.2 Å². The van der Waals surface area contributed by atoms with E-state index in [4.69, 9.17) is 4.74 Å². The molecule has 2 heterocycles. The molecule has 0 saturated carbocycles. The van der Waals surface area contributed by atoms with Crippen LogP contribution in [0.3, 0.4) is 0 Å². The van der Waals surface area contributed by atoms with Crippen LogP contribution in [0, 0.1) is 6.92 Å². The summed E-state index contributed by atoms with van der Waals surface area (Å²) in [5.41, 5.74) is 1.05. The molecular weight excluding hydrogens is 284 g/mol. The van der Waals surface area contributed by atoms with Crippen LogP contribution in [0.25, 0.3) is 10.1 Å². The Bertz CT molecular complexity index is 674. The normalized spacial score (nSPS) is 18.1. The van der Waals surface area contributed by atoms with E-state index in [9.17, 15) is 4.79 Å². The van der Waals surface area contributed by atoms with E-state index in [2.05, 4.69) is 5.32 Å². The second kappa shape index (κ2) is 5.66. The van der Waals surface area contributed by atoms with Gasteiger partial charge >= 0.3 is 0 Å². The number of aryl methyl sites for hydroxylation is 1. The lowest BCUT2D eigenvalue weighted by molar-refractivity contribution is 0.0748. The first kappa shape index (κ1) is 14.4. The summed E-state index contributed by atoms with van der Waals surface area (Å²) in [6.45, 7) is 3.90. The maximum atomic E-state index is 12.8. The Morgan fingerprint density at radius 2 is 2.29 bits per heavy atom. The number of likely N-dealkylation sites (N-methyl/N-ethyl adjacent to an activating group) is 1. The highest BCUT2D eigenvalue weighted by molar-refractivity contribution is 7.21. The number of benzene rings is 1. The predicted octanol–water partition coefficient (Wildman–Crippen LogP) is 2.65. The van der Waals surface area contributed by atoms with Gasteiger partial charge in [-0.2, -0.15) is 0 Å². The summed E-state index contributed by atoms with van der Waals surface area (Å²) in [7, 11) is 3.57. The molecular formula is C16H20N2O2S. The zero-order valence-corrected chi connectivity index (χ0v) is 13.4. The van der Waals surface area contributed by atoms with Gasteiger partial charge in [-0.05, 0) is 49.0 Å². The number of fused-ring (bicyclic) bond motifs is 1. The molecule has 4 nitrogen and oxygen atoms in total. The number of hydrogen-bond donors (Lipinski definition) is 1. The minimum absolute atomic E-state index is 0.126. The van der Waals surface area contributed by atoms with Gasteiger partial charge in [0.15, 0.2) is 0 Å². The van der Waals surface area contributed by atoms with Crippen molar-refractivity contribution < 1.29 is 9.53 Å². The first-order valence-corrected chi connectivity index (χ1v) is 7.98. The van der Waals surface area contributed by atoms with Gasteiger partial charge in [-0.3, -0.25) is 4.79 Å². The predicted molar refractivity (Wildman–Crippen MR) is 86.5 cm³/mol. The molecule has 0 bridgehead atoms. The zero-order chi connectivity index (χ0) is 15.0. The van der Waals surface area contributed by atoms with Crippen LogP contribution in [0.4, 0.5) is 0 Å². The lowest BCUT2D eigenvalue weighted by Gasteiger charge is -2.23. The Morgan fingerprint density at radius 3 is 2.95 bits per heavy atom. The topological polar surface area (TPSA) is 41.6 Å². The number of carbonyl (C=O) groups is 1. The number of carbonyl (C=O) groups excluding carboxylic acids is 1. The number of hydrogen-bond acceptors (Lipinski definition) is 4. The summed E-state index contributed by atoms with van der Waals surface area (Å²) < 4.78 is 6.41. The summed E-state index contributed by atoms with van der Waals surface area (Å²) in [6, 6.07) is 6.28. The molecule has 5 heteroatoms. The van der Waals surface area contributed by atoms with Gasteiger partial charge in [0.05, 0.1) is 12.0 Å². The first-order chi connectivity index (χ1) is 10.1. The molecule has 1 aromatic carbocycles. The van der Waals surface area contributed by atoms with Gasteiger partial charge in [0.25, 0.3) is 5.91 Å². The van der Waals surface area contributed by atoms with E-state index in [-0.39, 0.29) is 5.91 Å². The Labute approximate surface area is 128 Å². The molecule has 2 aromatic rings. The third-order valence-corrected chi connectivity index (χ3v) is 5.50. The van der Waals surface area contributed by atoms with E-state index in [1.165, 1.54) is 0 Å². The average molecular weight is 304 g/mol. The number of thiophene rings is 1. The molecule has 0 spiro atoms. The van der Waals surface area contributed by atoms with Gasteiger partial charge in [0.2, 0.25) is 0 Å². The highest BCUT2D eigenvalue weighted by Gasteiger charge is 2.26. The molecule has 1 unspecified atom stereocenters. The van der Waals surface area contributed by atoms with E-state index >= 15 is 0 Å². The number of methoxy groups -OCH3 is 1. The largest absolute Gasteiger partial charge is 0.497 e. The summed E-state index contributed by atoms with van der Waals surface area (Å²) in [5, 5.41) is 4.42. The molecule has 0 radical (unpaired) electrons. The molecule has 1 saturated heterocycles. The second-order valence-corrected chi connectivity index (χ2v) is 6.53. The fourth-order valence-corrected chi connectivity index (χ4v) is 4.00. The van der Waals surface area contributed by atoms with Crippen molar-refractivity contribution >= 4 is 27.3 Å². The van der Waals surface area contributed by atoms with Gasteiger partial charge in [-0.1, -0.05) is 0 Å². The van der Waals surface area contributed by atoms with Gasteiger partial charge in [0, 0.05) is 24.3 Å². The zero-order valence-electron chi connectivity index (χ0n) is 12.6. The van der Waals surface area contributed by atoms with Gasteiger partial charge in [-0.15, -0.1) is 11.3 Å². The van der Waals surface area contributed by atoms with Crippen LogP contribution >= 0.6 is 11.3 Å². The average Bonchev–Trinajstić information content (AvgIpc) is 3.14. The highest BCUT2D eigenvalue weighted by atomic mass is 32.1. The number of nitrogens with one attached hydrogen (secondary N) is 1.